The molecule has 0 atom stereocenters. The maximum Gasteiger partial charge on any atom is 0.291 e. The Balaban J connectivity index is 1.67. The highest BCUT2D eigenvalue weighted by atomic mass is 16.4. The molecule has 0 spiro atoms. The second kappa shape index (κ2) is 5.15. The van der Waals surface area contributed by atoms with Gasteiger partial charge < -0.3 is 9.32 Å². The monoisotopic (exact) mass is 308 g/mol. The molecule has 3 aromatic heterocycles. The van der Waals surface area contributed by atoms with Crippen LogP contribution in [0.1, 0.15) is 33.4 Å². The Labute approximate surface area is 133 Å². The van der Waals surface area contributed by atoms with Crippen molar-refractivity contribution in [1.82, 2.24) is 19.9 Å². The van der Waals surface area contributed by atoms with E-state index in [1.807, 2.05) is 6.07 Å². The van der Waals surface area contributed by atoms with Crippen LogP contribution in [-0.2, 0) is 13.0 Å². The van der Waals surface area contributed by atoms with E-state index in [4.69, 9.17) is 9.40 Å². The SMILES string of the molecule is Cc1nc(C)c(C(=O)N2CCc3nc4ccncc4cc3C2)o1. The molecule has 1 aliphatic rings. The van der Waals surface area contributed by atoms with E-state index in [1.165, 1.54) is 0 Å². The molecule has 23 heavy (non-hydrogen) atoms. The molecular formula is C17H16N4O2. The van der Waals surface area contributed by atoms with Crippen molar-refractivity contribution >= 4 is 16.8 Å². The normalized spacial score (nSPS) is 14.1. The zero-order chi connectivity index (χ0) is 16.0. The van der Waals surface area contributed by atoms with Gasteiger partial charge in [0.15, 0.2) is 5.89 Å². The number of nitrogens with zero attached hydrogens (tertiary/aromatic N) is 4. The van der Waals surface area contributed by atoms with Crippen LogP contribution >= 0.6 is 0 Å². The minimum Gasteiger partial charge on any atom is -0.436 e. The van der Waals surface area contributed by atoms with E-state index in [9.17, 15) is 4.79 Å². The fourth-order valence-corrected chi connectivity index (χ4v) is 3.03. The zero-order valence-electron chi connectivity index (χ0n) is 13.0. The molecule has 4 rings (SSSR count). The number of pyridine rings is 2. The third-order valence-electron chi connectivity index (χ3n) is 4.15. The van der Waals surface area contributed by atoms with E-state index in [0.29, 0.717) is 30.4 Å². The van der Waals surface area contributed by atoms with Crippen LogP contribution in [0, 0.1) is 13.8 Å². The van der Waals surface area contributed by atoms with Gasteiger partial charge in [-0.3, -0.25) is 14.8 Å². The smallest absolute Gasteiger partial charge is 0.291 e. The third kappa shape index (κ3) is 2.36. The number of aryl methyl sites for hydroxylation is 2. The summed E-state index contributed by atoms with van der Waals surface area (Å²) in [5, 5.41) is 0.993. The van der Waals surface area contributed by atoms with E-state index in [2.05, 4.69) is 16.0 Å². The average molecular weight is 308 g/mol. The molecule has 4 heterocycles. The maximum atomic E-state index is 12.7. The molecule has 1 aliphatic heterocycles. The van der Waals surface area contributed by atoms with Gasteiger partial charge in [-0.25, -0.2) is 4.98 Å². The molecule has 0 aliphatic carbocycles. The second-order valence-corrected chi connectivity index (χ2v) is 5.79. The summed E-state index contributed by atoms with van der Waals surface area (Å²) in [6.45, 7) is 4.71. The van der Waals surface area contributed by atoms with Crippen molar-refractivity contribution in [2.75, 3.05) is 6.54 Å². The van der Waals surface area contributed by atoms with Crippen LogP contribution in [0.2, 0.25) is 0 Å². The van der Waals surface area contributed by atoms with Gasteiger partial charge in [0.1, 0.15) is 0 Å². The van der Waals surface area contributed by atoms with Crippen molar-refractivity contribution < 1.29 is 9.21 Å². The van der Waals surface area contributed by atoms with E-state index >= 15 is 0 Å². The lowest BCUT2D eigenvalue weighted by Crippen LogP contribution is -2.36. The minimum atomic E-state index is -0.111. The molecule has 0 saturated carbocycles. The van der Waals surface area contributed by atoms with Crippen molar-refractivity contribution in [1.29, 1.82) is 0 Å². The van der Waals surface area contributed by atoms with Gasteiger partial charge >= 0.3 is 0 Å². The molecule has 0 bridgehead atoms. The molecule has 3 aromatic rings. The molecule has 0 saturated heterocycles. The van der Waals surface area contributed by atoms with Crippen LogP contribution in [0.4, 0.5) is 0 Å². The number of aromatic nitrogens is 3. The Bertz CT molecular complexity index is 916. The van der Waals surface area contributed by atoms with Gasteiger partial charge in [-0.05, 0) is 24.6 Å². The highest BCUT2D eigenvalue weighted by Gasteiger charge is 2.26. The lowest BCUT2D eigenvalue weighted by atomic mass is 10.0. The first-order valence-electron chi connectivity index (χ1n) is 7.57. The van der Waals surface area contributed by atoms with Gasteiger partial charge in [-0.1, -0.05) is 0 Å². The van der Waals surface area contributed by atoms with Crippen molar-refractivity contribution in [2.45, 2.75) is 26.8 Å². The lowest BCUT2D eigenvalue weighted by Gasteiger charge is -2.27. The van der Waals surface area contributed by atoms with Crippen molar-refractivity contribution in [3.05, 3.63) is 53.1 Å². The summed E-state index contributed by atoms with van der Waals surface area (Å²) >= 11 is 0. The quantitative estimate of drug-likeness (QED) is 0.690. The fourth-order valence-electron chi connectivity index (χ4n) is 3.03. The van der Waals surface area contributed by atoms with Crippen molar-refractivity contribution in [3.8, 4) is 0 Å². The summed E-state index contributed by atoms with van der Waals surface area (Å²) in [5.74, 6) is 0.739. The number of fused-ring (bicyclic) bond motifs is 2. The Kier molecular flexibility index (Phi) is 3.11. The first-order valence-corrected chi connectivity index (χ1v) is 7.57. The molecule has 1 amide bonds. The number of amides is 1. The van der Waals surface area contributed by atoms with E-state index < -0.39 is 0 Å². The molecule has 0 aromatic carbocycles. The van der Waals surface area contributed by atoms with Gasteiger partial charge in [0.25, 0.3) is 5.91 Å². The van der Waals surface area contributed by atoms with Crippen LogP contribution in [0.15, 0.2) is 28.9 Å². The molecular weight excluding hydrogens is 292 g/mol. The summed E-state index contributed by atoms with van der Waals surface area (Å²) in [7, 11) is 0. The largest absolute Gasteiger partial charge is 0.436 e. The van der Waals surface area contributed by atoms with E-state index in [-0.39, 0.29) is 5.91 Å². The molecule has 6 heteroatoms. The summed E-state index contributed by atoms with van der Waals surface area (Å²) in [6.07, 6.45) is 4.29. The number of rotatable bonds is 1. The molecule has 116 valence electrons. The van der Waals surface area contributed by atoms with Crippen LogP contribution in [-0.4, -0.2) is 32.3 Å². The van der Waals surface area contributed by atoms with Gasteiger partial charge in [-0.15, -0.1) is 0 Å². The predicted octanol–water partition coefficient (Wildman–Crippen LogP) is 2.43. The number of oxazole rings is 1. The Morgan fingerprint density at radius 3 is 2.96 bits per heavy atom. The predicted molar refractivity (Wildman–Crippen MR) is 84.0 cm³/mol. The Morgan fingerprint density at radius 2 is 2.17 bits per heavy atom. The number of carbonyl (C=O) groups excluding carboxylic acids is 1. The van der Waals surface area contributed by atoms with Crippen LogP contribution in [0.25, 0.3) is 10.9 Å². The summed E-state index contributed by atoms with van der Waals surface area (Å²) in [4.78, 5) is 27.5. The fraction of sp³-hybridized carbons (Fsp3) is 0.294. The van der Waals surface area contributed by atoms with Crippen LogP contribution in [0.5, 0.6) is 0 Å². The molecule has 0 fully saturated rings. The molecule has 0 N–H and O–H groups in total. The summed E-state index contributed by atoms with van der Waals surface area (Å²) in [5.41, 5.74) is 3.71. The summed E-state index contributed by atoms with van der Waals surface area (Å²) in [6, 6.07) is 3.98. The molecule has 0 radical (unpaired) electrons. The van der Waals surface area contributed by atoms with Crippen LogP contribution in [0.3, 0.4) is 0 Å². The van der Waals surface area contributed by atoms with E-state index in [0.717, 1.165) is 28.6 Å². The van der Waals surface area contributed by atoms with E-state index in [1.54, 1.807) is 31.1 Å². The minimum absolute atomic E-state index is 0.111. The lowest BCUT2D eigenvalue weighted by molar-refractivity contribution is 0.0699. The first-order chi connectivity index (χ1) is 11.1. The number of carbonyl (C=O) groups is 1. The maximum absolute atomic E-state index is 12.7. The van der Waals surface area contributed by atoms with Gasteiger partial charge in [0.05, 0.1) is 11.2 Å². The first kappa shape index (κ1) is 13.9. The summed E-state index contributed by atoms with van der Waals surface area (Å²) < 4.78 is 5.46. The van der Waals surface area contributed by atoms with Gasteiger partial charge in [-0.2, -0.15) is 0 Å². The standard InChI is InChI=1S/C17H16N4O2/c1-10-16(23-11(2)19-10)17(22)21-6-4-15-13(9-21)7-12-8-18-5-3-14(12)20-15/h3,5,7-8H,4,6,9H2,1-2H3. The Morgan fingerprint density at radius 1 is 1.30 bits per heavy atom. The van der Waals surface area contributed by atoms with Gasteiger partial charge in [0.2, 0.25) is 5.76 Å². The number of hydrogen-bond donors (Lipinski definition) is 0. The van der Waals surface area contributed by atoms with Crippen LogP contribution < -0.4 is 0 Å². The third-order valence-corrected chi connectivity index (χ3v) is 4.15. The molecule has 0 unspecified atom stereocenters. The van der Waals surface area contributed by atoms with Crippen molar-refractivity contribution in [3.63, 3.8) is 0 Å². The topological polar surface area (TPSA) is 72.1 Å². The average Bonchev–Trinajstić information content (AvgIpc) is 2.90. The highest BCUT2D eigenvalue weighted by Crippen LogP contribution is 2.24. The Hall–Kier alpha value is -2.76. The second-order valence-electron chi connectivity index (χ2n) is 5.79. The zero-order valence-corrected chi connectivity index (χ0v) is 13.0. The van der Waals surface area contributed by atoms with Crippen molar-refractivity contribution in [2.24, 2.45) is 0 Å². The highest BCUT2D eigenvalue weighted by molar-refractivity contribution is 5.92. The molecule has 6 nitrogen and oxygen atoms in total. The number of hydrogen-bond acceptors (Lipinski definition) is 5. The van der Waals surface area contributed by atoms with Gasteiger partial charge in [0, 0.05) is 49.9 Å².